The summed E-state index contributed by atoms with van der Waals surface area (Å²) in [6.45, 7) is 4.33. The van der Waals surface area contributed by atoms with Crippen LogP contribution in [0.4, 0.5) is 0 Å². The maximum absolute atomic E-state index is 6.39. The Morgan fingerprint density at radius 2 is 1.24 bits per heavy atom. The zero-order valence-electron chi connectivity index (χ0n) is 12.4. The quantitative estimate of drug-likeness (QED) is 0.506. The third-order valence-electron chi connectivity index (χ3n) is 3.51. The summed E-state index contributed by atoms with van der Waals surface area (Å²) in [5.41, 5.74) is 2.45. The fourth-order valence-corrected chi connectivity index (χ4v) is 3.27. The molecule has 0 radical (unpaired) electrons. The minimum atomic E-state index is 0.117. The van der Waals surface area contributed by atoms with Crippen LogP contribution < -0.4 is 0 Å². The maximum atomic E-state index is 6.39. The molecule has 3 heteroatoms. The van der Waals surface area contributed by atoms with E-state index in [4.69, 9.17) is 4.74 Å². The van der Waals surface area contributed by atoms with Gasteiger partial charge < -0.3 is 4.74 Å². The topological polar surface area (TPSA) is 9.23 Å². The average Bonchev–Trinajstić information content (AvgIpc) is 2.48. The van der Waals surface area contributed by atoms with Gasteiger partial charge in [-0.1, -0.05) is 70.0 Å². The Hall–Kier alpha value is -0.640. The van der Waals surface area contributed by atoms with Gasteiger partial charge in [-0.25, -0.2) is 0 Å². The van der Waals surface area contributed by atoms with Gasteiger partial charge in [-0.05, 0) is 48.2 Å². The van der Waals surface area contributed by atoms with Crippen molar-refractivity contribution >= 4 is 31.9 Å². The van der Waals surface area contributed by atoms with Crippen LogP contribution in [0.3, 0.4) is 0 Å². The molecule has 2 aromatic rings. The van der Waals surface area contributed by atoms with Gasteiger partial charge in [0.1, 0.15) is 0 Å². The Balaban J connectivity index is 2.19. The van der Waals surface area contributed by atoms with Crippen LogP contribution in [-0.2, 0) is 4.74 Å². The van der Waals surface area contributed by atoms with Crippen molar-refractivity contribution in [2.45, 2.75) is 38.9 Å². The lowest BCUT2D eigenvalue weighted by atomic mass is 10.0. The summed E-state index contributed by atoms with van der Waals surface area (Å²) >= 11 is 7.07. The number of hydrogen-bond acceptors (Lipinski definition) is 1. The first-order chi connectivity index (χ1) is 10.1. The average molecular weight is 412 g/mol. The van der Waals surface area contributed by atoms with Crippen LogP contribution in [-0.4, -0.2) is 0 Å². The second-order valence-electron chi connectivity index (χ2n) is 5.04. The van der Waals surface area contributed by atoms with E-state index in [0.717, 1.165) is 21.8 Å². The van der Waals surface area contributed by atoms with Gasteiger partial charge in [0.2, 0.25) is 0 Å². The first-order valence-corrected chi connectivity index (χ1v) is 8.89. The van der Waals surface area contributed by atoms with Gasteiger partial charge in [-0.2, -0.15) is 0 Å². The van der Waals surface area contributed by atoms with Crippen molar-refractivity contribution in [2.75, 3.05) is 0 Å². The summed E-state index contributed by atoms with van der Waals surface area (Å²) < 4.78 is 8.58. The van der Waals surface area contributed by atoms with E-state index in [9.17, 15) is 0 Å². The Morgan fingerprint density at radius 3 is 1.57 bits per heavy atom. The van der Waals surface area contributed by atoms with Crippen LogP contribution in [0.25, 0.3) is 0 Å². The molecule has 0 spiro atoms. The van der Waals surface area contributed by atoms with E-state index in [1.807, 2.05) is 12.1 Å². The van der Waals surface area contributed by atoms with Crippen LogP contribution in [0.5, 0.6) is 0 Å². The van der Waals surface area contributed by atoms with E-state index in [-0.39, 0.29) is 12.2 Å². The second-order valence-corrected chi connectivity index (χ2v) is 6.87. The standard InChI is InChI=1S/C18H20Br2O/c1-3-17(13-7-5-9-15(19)11-13)21-18(4-2)14-8-6-10-16(20)12-14/h5-12,17-18H,3-4H2,1-2H3. The molecule has 0 amide bonds. The monoisotopic (exact) mass is 410 g/mol. The summed E-state index contributed by atoms with van der Waals surface area (Å²) in [7, 11) is 0. The molecular weight excluding hydrogens is 392 g/mol. The molecule has 0 N–H and O–H groups in total. The van der Waals surface area contributed by atoms with Gasteiger partial charge in [0, 0.05) is 8.95 Å². The lowest BCUT2D eigenvalue weighted by Gasteiger charge is -2.24. The van der Waals surface area contributed by atoms with Crippen LogP contribution >= 0.6 is 31.9 Å². The Bertz CT molecular complexity index is 531. The molecule has 2 atom stereocenters. The highest BCUT2D eigenvalue weighted by Gasteiger charge is 2.17. The van der Waals surface area contributed by atoms with Crippen molar-refractivity contribution in [2.24, 2.45) is 0 Å². The fourth-order valence-electron chi connectivity index (χ4n) is 2.43. The molecule has 0 fully saturated rings. The molecule has 0 saturated heterocycles. The lowest BCUT2D eigenvalue weighted by Crippen LogP contribution is -2.09. The number of rotatable bonds is 6. The number of halogens is 2. The molecule has 0 heterocycles. The molecule has 0 aliphatic carbocycles. The predicted molar refractivity (Wildman–Crippen MR) is 95.4 cm³/mol. The molecule has 0 saturated carbocycles. The van der Waals surface area contributed by atoms with Crippen LogP contribution in [0.1, 0.15) is 50.0 Å². The van der Waals surface area contributed by atoms with Gasteiger partial charge in [-0.15, -0.1) is 0 Å². The molecule has 2 aromatic carbocycles. The van der Waals surface area contributed by atoms with Gasteiger partial charge in [-0.3, -0.25) is 0 Å². The van der Waals surface area contributed by atoms with Crippen molar-refractivity contribution < 1.29 is 4.74 Å². The Kier molecular flexibility index (Phi) is 6.46. The first kappa shape index (κ1) is 16.7. The smallest absolute Gasteiger partial charge is 0.0831 e. The van der Waals surface area contributed by atoms with Crippen molar-refractivity contribution in [1.29, 1.82) is 0 Å². The Morgan fingerprint density at radius 1 is 0.810 bits per heavy atom. The zero-order chi connectivity index (χ0) is 15.2. The van der Waals surface area contributed by atoms with Gasteiger partial charge >= 0.3 is 0 Å². The molecule has 2 unspecified atom stereocenters. The third kappa shape index (κ3) is 4.67. The predicted octanol–water partition coefficient (Wildman–Crippen LogP) is 6.83. The molecule has 0 aliphatic rings. The van der Waals surface area contributed by atoms with Gasteiger partial charge in [0.15, 0.2) is 0 Å². The molecule has 21 heavy (non-hydrogen) atoms. The summed E-state index contributed by atoms with van der Waals surface area (Å²) in [5, 5.41) is 0. The van der Waals surface area contributed by atoms with E-state index in [0.29, 0.717) is 0 Å². The van der Waals surface area contributed by atoms with E-state index >= 15 is 0 Å². The SMILES string of the molecule is CCC(OC(CC)c1cccc(Br)c1)c1cccc(Br)c1. The van der Waals surface area contributed by atoms with E-state index in [1.165, 1.54) is 11.1 Å². The van der Waals surface area contributed by atoms with Gasteiger partial charge in [0.05, 0.1) is 12.2 Å². The van der Waals surface area contributed by atoms with Crippen LogP contribution in [0.15, 0.2) is 57.5 Å². The van der Waals surface area contributed by atoms with Crippen molar-refractivity contribution in [3.05, 3.63) is 68.6 Å². The lowest BCUT2D eigenvalue weighted by molar-refractivity contribution is -0.0192. The molecule has 0 aromatic heterocycles. The number of benzene rings is 2. The summed E-state index contributed by atoms with van der Waals surface area (Å²) in [5.74, 6) is 0. The molecule has 0 aliphatic heterocycles. The van der Waals surface area contributed by atoms with Crippen molar-refractivity contribution in [3.63, 3.8) is 0 Å². The fraction of sp³-hybridized carbons (Fsp3) is 0.333. The van der Waals surface area contributed by atoms with Gasteiger partial charge in [0.25, 0.3) is 0 Å². The van der Waals surface area contributed by atoms with Crippen LogP contribution in [0.2, 0.25) is 0 Å². The minimum Gasteiger partial charge on any atom is -0.366 e. The molecule has 0 bridgehead atoms. The normalized spacial score (nSPS) is 13.9. The third-order valence-corrected chi connectivity index (χ3v) is 4.50. The molecule has 1 nitrogen and oxygen atoms in total. The molecular formula is C18H20Br2O. The molecule has 112 valence electrons. The van der Waals surface area contributed by atoms with E-state index < -0.39 is 0 Å². The zero-order valence-corrected chi connectivity index (χ0v) is 15.5. The highest BCUT2D eigenvalue weighted by atomic mass is 79.9. The molecule has 2 rings (SSSR count). The van der Waals surface area contributed by atoms with Crippen LogP contribution in [0, 0.1) is 0 Å². The van der Waals surface area contributed by atoms with Crippen molar-refractivity contribution in [1.82, 2.24) is 0 Å². The van der Waals surface area contributed by atoms with Crippen molar-refractivity contribution in [3.8, 4) is 0 Å². The second kappa shape index (κ2) is 8.11. The highest BCUT2D eigenvalue weighted by Crippen LogP contribution is 2.32. The largest absolute Gasteiger partial charge is 0.366 e. The summed E-state index contributed by atoms with van der Waals surface area (Å²) in [4.78, 5) is 0. The summed E-state index contributed by atoms with van der Waals surface area (Å²) in [6.07, 6.45) is 2.15. The minimum absolute atomic E-state index is 0.117. The van der Waals surface area contributed by atoms with E-state index in [2.05, 4.69) is 82.1 Å². The summed E-state index contributed by atoms with van der Waals surface area (Å²) in [6, 6.07) is 16.8. The first-order valence-electron chi connectivity index (χ1n) is 7.30. The maximum Gasteiger partial charge on any atom is 0.0831 e. The number of ether oxygens (including phenoxy) is 1. The highest BCUT2D eigenvalue weighted by molar-refractivity contribution is 9.10. The van der Waals surface area contributed by atoms with E-state index in [1.54, 1.807) is 0 Å². The number of hydrogen-bond donors (Lipinski definition) is 0. The Labute approximate surface area is 144 Å².